The standard InChI is InChI=1S/C9H14O/c1-9(2)5-3-7-4-6-10-8(7)9/h3-6H2,1-2H3. The van der Waals surface area contributed by atoms with Crippen molar-refractivity contribution in [3.05, 3.63) is 11.3 Å². The molecule has 0 aromatic rings. The van der Waals surface area contributed by atoms with E-state index in [0.29, 0.717) is 5.41 Å². The molecule has 0 aromatic carbocycles. The number of hydrogen-bond acceptors (Lipinski definition) is 1. The molecular formula is C9H14O. The lowest BCUT2D eigenvalue weighted by Crippen LogP contribution is -2.10. The fraction of sp³-hybridized carbons (Fsp3) is 0.778. The average Bonchev–Trinajstić information content (AvgIpc) is 2.36. The first-order valence-electron chi connectivity index (χ1n) is 4.05. The summed E-state index contributed by atoms with van der Waals surface area (Å²) in [6, 6.07) is 0. The second kappa shape index (κ2) is 1.77. The number of allylic oxidation sites excluding steroid dienone is 1. The molecule has 0 saturated carbocycles. The van der Waals surface area contributed by atoms with E-state index in [1.165, 1.54) is 25.0 Å². The van der Waals surface area contributed by atoms with Crippen LogP contribution in [0.2, 0.25) is 0 Å². The molecule has 0 amide bonds. The Labute approximate surface area is 62.1 Å². The van der Waals surface area contributed by atoms with Gasteiger partial charge in [-0.2, -0.15) is 0 Å². The highest BCUT2D eigenvalue weighted by Crippen LogP contribution is 2.46. The van der Waals surface area contributed by atoms with Gasteiger partial charge in [0, 0.05) is 11.8 Å². The van der Waals surface area contributed by atoms with Gasteiger partial charge in [0.25, 0.3) is 0 Å². The summed E-state index contributed by atoms with van der Waals surface area (Å²) >= 11 is 0. The van der Waals surface area contributed by atoms with E-state index in [4.69, 9.17) is 4.74 Å². The Hall–Kier alpha value is -0.460. The number of rotatable bonds is 0. The lowest BCUT2D eigenvalue weighted by Gasteiger charge is -2.20. The van der Waals surface area contributed by atoms with E-state index in [0.717, 1.165) is 6.61 Å². The van der Waals surface area contributed by atoms with Crippen LogP contribution in [0, 0.1) is 5.41 Å². The van der Waals surface area contributed by atoms with Gasteiger partial charge in [0.1, 0.15) is 5.76 Å². The minimum absolute atomic E-state index is 0.353. The van der Waals surface area contributed by atoms with E-state index >= 15 is 0 Å². The monoisotopic (exact) mass is 138 g/mol. The molecule has 0 saturated heterocycles. The molecule has 0 bridgehead atoms. The summed E-state index contributed by atoms with van der Waals surface area (Å²) in [6.07, 6.45) is 3.76. The Balaban J connectivity index is 2.32. The predicted octanol–water partition coefficient (Wildman–Crippen LogP) is 2.48. The largest absolute Gasteiger partial charge is 0.497 e. The van der Waals surface area contributed by atoms with Gasteiger partial charge in [-0.3, -0.25) is 0 Å². The van der Waals surface area contributed by atoms with Crippen LogP contribution in [-0.4, -0.2) is 6.61 Å². The number of hydrogen-bond donors (Lipinski definition) is 0. The summed E-state index contributed by atoms with van der Waals surface area (Å²) in [4.78, 5) is 0. The van der Waals surface area contributed by atoms with Crippen LogP contribution in [0.5, 0.6) is 0 Å². The van der Waals surface area contributed by atoms with Crippen LogP contribution in [0.15, 0.2) is 11.3 Å². The maximum absolute atomic E-state index is 5.57. The molecule has 56 valence electrons. The third-order valence-electron chi connectivity index (χ3n) is 2.64. The van der Waals surface area contributed by atoms with Crippen molar-refractivity contribution in [2.24, 2.45) is 5.41 Å². The van der Waals surface area contributed by atoms with Gasteiger partial charge in [0.2, 0.25) is 0 Å². The first-order valence-corrected chi connectivity index (χ1v) is 4.05. The van der Waals surface area contributed by atoms with Gasteiger partial charge in [-0.05, 0) is 18.4 Å². The summed E-state index contributed by atoms with van der Waals surface area (Å²) in [5.74, 6) is 1.31. The molecule has 2 aliphatic rings. The van der Waals surface area contributed by atoms with Gasteiger partial charge in [-0.25, -0.2) is 0 Å². The van der Waals surface area contributed by atoms with Crippen molar-refractivity contribution >= 4 is 0 Å². The van der Waals surface area contributed by atoms with Crippen LogP contribution in [-0.2, 0) is 4.74 Å². The van der Waals surface area contributed by atoms with Crippen LogP contribution in [0.4, 0.5) is 0 Å². The molecule has 1 heteroatoms. The van der Waals surface area contributed by atoms with E-state index in [2.05, 4.69) is 13.8 Å². The minimum atomic E-state index is 0.353. The zero-order valence-electron chi connectivity index (χ0n) is 6.74. The molecular weight excluding hydrogens is 124 g/mol. The molecule has 1 aliphatic carbocycles. The molecule has 1 aliphatic heterocycles. The van der Waals surface area contributed by atoms with E-state index in [9.17, 15) is 0 Å². The molecule has 0 radical (unpaired) electrons. The van der Waals surface area contributed by atoms with Crippen molar-refractivity contribution in [2.45, 2.75) is 33.1 Å². The van der Waals surface area contributed by atoms with Gasteiger partial charge in [0.05, 0.1) is 6.61 Å². The van der Waals surface area contributed by atoms with E-state index in [-0.39, 0.29) is 0 Å². The van der Waals surface area contributed by atoms with E-state index in [1.54, 1.807) is 5.57 Å². The fourth-order valence-corrected chi connectivity index (χ4v) is 1.98. The summed E-state index contributed by atoms with van der Waals surface area (Å²) in [6.45, 7) is 5.50. The highest BCUT2D eigenvalue weighted by atomic mass is 16.5. The topological polar surface area (TPSA) is 9.23 Å². The van der Waals surface area contributed by atoms with Gasteiger partial charge < -0.3 is 4.74 Å². The molecule has 1 nitrogen and oxygen atoms in total. The zero-order chi connectivity index (χ0) is 7.19. The maximum atomic E-state index is 5.57. The zero-order valence-corrected chi connectivity index (χ0v) is 6.74. The highest BCUT2D eigenvalue weighted by molar-refractivity contribution is 5.24. The van der Waals surface area contributed by atoms with E-state index < -0.39 is 0 Å². The summed E-state index contributed by atoms with van der Waals surface area (Å²) in [7, 11) is 0. The van der Waals surface area contributed by atoms with Crippen molar-refractivity contribution in [1.82, 2.24) is 0 Å². The molecule has 0 fully saturated rings. The molecule has 0 atom stereocenters. The molecule has 0 spiro atoms. The molecule has 0 unspecified atom stereocenters. The van der Waals surface area contributed by atoms with Gasteiger partial charge in [-0.15, -0.1) is 0 Å². The van der Waals surface area contributed by atoms with Crippen LogP contribution in [0.25, 0.3) is 0 Å². The molecule has 0 N–H and O–H groups in total. The Bertz CT molecular complexity index is 189. The first kappa shape index (κ1) is 6.26. The van der Waals surface area contributed by atoms with Crippen LogP contribution < -0.4 is 0 Å². The van der Waals surface area contributed by atoms with Crippen LogP contribution in [0.3, 0.4) is 0 Å². The van der Waals surface area contributed by atoms with Crippen molar-refractivity contribution in [2.75, 3.05) is 6.61 Å². The fourth-order valence-electron chi connectivity index (χ4n) is 1.98. The van der Waals surface area contributed by atoms with Crippen LogP contribution >= 0.6 is 0 Å². The SMILES string of the molecule is CC1(C)CCC2=C1OCC2. The maximum Gasteiger partial charge on any atom is 0.101 e. The van der Waals surface area contributed by atoms with E-state index in [1.807, 2.05) is 0 Å². The van der Waals surface area contributed by atoms with Crippen LogP contribution in [0.1, 0.15) is 33.1 Å². The molecule has 1 heterocycles. The molecule has 2 rings (SSSR count). The van der Waals surface area contributed by atoms with Crippen molar-refractivity contribution < 1.29 is 4.74 Å². The van der Waals surface area contributed by atoms with Gasteiger partial charge >= 0.3 is 0 Å². The number of ether oxygens (including phenoxy) is 1. The average molecular weight is 138 g/mol. The highest BCUT2D eigenvalue weighted by Gasteiger charge is 2.36. The first-order chi connectivity index (χ1) is 4.70. The smallest absolute Gasteiger partial charge is 0.101 e. The third-order valence-corrected chi connectivity index (χ3v) is 2.64. The quantitative estimate of drug-likeness (QED) is 0.499. The normalized spacial score (nSPS) is 28.6. The van der Waals surface area contributed by atoms with Gasteiger partial charge in [0.15, 0.2) is 0 Å². The summed E-state index contributed by atoms with van der Waals surface area (Å²) in [5.41, 5.74) is 1.94. The third kappa shape index (κ3) is 0.695. The Morgan fingerprint density at radius 2 is 2.10 bits per heavy atom. The summed E-state index contributed by atoms with van der Waals surface area (Å²) in [5, 5.41) is 0. The summed E-state index contributed by atoms with van der Waals surface area (Å²) < 4.78 is 5.57. The predicted molar refractivity (Wildman–Crippen MR) is 40.6 cm³/mol. The Morgan fingerprint density at radius 1 is 1.30 bits per heavy atom. The second-order valence-corrected chi connectivity index (χ2v) is 3.92. The van der Waals surface area contributed by atoms with Crippen molar-refractivity contribution in [3.63, 3.8) is 0 Å². The Morgan fingerprint density at radius 3 is 2.80 bits per heavy atom. The molecule has 10 heavy (non-hydrogen) atoms. The van der Waals surface area contributed by atoms with Crippen molar-refractivity contribution in [1.29, 1.82) is 0 Å². The second-order valence-electron chi connectivity index (χ2n) is 3.92. The molecule has 0 aromatic heterocycles. The lowest BCUT2D eigenvalue weighted by atomic mass is 9.92. The minimum Gasteiger partial charge on any atom is -0.497 e. The van der Waals surface area contributed by atoms with Gasteiger partial charge in [-0.1, -0.05) is 13.8 Å². The Kier molecular flexibility index (Phi) is 1.11. The van der Waals surface area contributed by atoms with Crippen molar-refractivity contribution in [3.8, 4) is 0 Å². The lowest BCUT2D eigenvalue weighted by molar-refractivity contribution is 0.170.